The van der Waals surface area contributed by atoms with Gasteiger partial charge in [-0.1, -0.05) is 86.1 Å². The number of methoxy groups -OCH3 is 1. The molecule has 0 aromatic carbocycles. The number of carbonyl (C=O) groups excluding carboxylic acids is 4. The van der Waals surface area contributed by atoms with Crippen molar-refractivity contribution in [2.75, 3.05) is 33.4 Å². The van der Waals surface area contributed by atoms with Gasteiger partial charge in [0.05, 0.1) is 13.2 Å². The number of aliphatic hydroxyl groups is 1. The summed E-state index contributed by atoms with van der Waals surface area (Å²) in [7, 11) is 1.33. The van der Waals surface area contributed by atoms with Gasteiger partial charge in [0.25, 0.3) is 0 Å². The number of hydrogen-bond acceptors (Lipinski definition) is 9. The maximum atomic E-state index is 11.2. The van der Waals surface area contributed by atoms with E-state index in [1.807, 2.05) is 20.8 Å². The third kappa shape index (κ3) is 41.0. The number of nitrogens with two attached hydrogens (primary N) is 1. The second-order valence-corrected chi connectivity index (χ2v) is 11.0. The minimum absolute atomic E-state index is 0.0334. The number of rotatable bonds is 16. The molecule has 0 saturated heterocycles. The van der Waals surface area contributed by atoms with Crippen LogP contribution in [0.1, 0.15) is 93.4 Å². The predicted octanol–water partition coefficient (Wildman–Crippen LogP) is 5.35. The van der Waals surface area contributed by atoms with E-state index in [1.165, 1.54) is 45.3 Å². The van der Waals surface area contributed by atoms with Gasteiger partial charge in [-0.2, -0.15) is 0 Å². The maximum absolute atomic E-state index is 11.2. The smallest absolute Gasteiger partial charge is 0.333 e. The number of aliphatic hydroxyl groups excluding tert-OH is 1. The molecule has 0 aromatic rings. The van der Waals surface area contributed by atoms with Crippen molar-refractivity contribution in [1.29, 1.82) is 0 Å². The molecule has 0 aliphatic heterocycles. The van der Waals surface area contributed by atoms with Gasteiger partial charge in [0.15, 0.2) is 0 Å². The molecule has 0 bridgehead atoms. The first kappa shape index (κ1) is 46.7. The number of amides is 1. The van der Waals surface area contributed by atoms with Gasteiger partial charge in [0.2, 0.25) is 5.91 Å². The summed E-state index contributed by atoms with van der Waals surface area (Å²) in [6.45, 7) is 28.3. The number of hydrogen-bond donors (Lipinski definition) is 3. The molecular formula is C33H60N2O8. The molecule has 0 fully saturated rings. The van der Waals surface area contributed by atoms with E-state index in [2.05, 4.69) is 48.0 Å². The van der Waals surface area contributed by atoms with Crippen LogP contribution in [0.4, 0.5) is 0 Å². The summed E-state index contributed by atoms with van der Waals surface area (Å²) >= 11 is 0. The maximum Gasteiger partial charge on any atom is 0.333 e. The number of nitrogens with one attached hydrogen (secondary N) is 1. The summed E-state index contributed by atoms with van der Waals surface area (Å²) in [6.07, 6.45) is 8.90. The van der Waals surface area contributed by atoms with E-state index in [-0.39, 0.29) is 36.5 Å². The van der Waals surface area contributed by atoms with Crippen molar-refractivity contribution in [3.63, 3.8) is 0 Å². The van der Waals surface area contributed by atoms with Crippen LogP contribution < -0.4 is 11.1 Å². The van der Waals surface area contributed by atoms with Gasteiger partial charge in [-0.3, -0.25) is 4.79 Å². The lowest BCUT2D eigenvalue weighted by Crippen LogP contribution is -2.21. The number of ether oxygens (including phenoxy) is 3. The fourth-order valence-corrected chi connectivity index (χ4v) is 2.65. The fourth-order valence-electron chi connectivity index (χ4n) is 2.65. The van der Waals surface area contributed by atoms with Gasteiger partial charge in [-0.25, -0.2) is 14.4 Å². The van der Waals surface area contributed by atoms with E-state index in [0.29, 0.717) is 29.7 Å². The fraction of sp³-hybridized carbons (Fsp3) is 0.636. The van der Waals surface area contributed by atoms with Gasteiger partial charge in [-0.05, 0) is 45.1 Å². The van der Waals surface area contributed by atoms with Crippen molar-refractivity contribution in [2.45, 2.75) is 99.5 Å². The Morgan fingerprint density at radius 3 is 1.79 bits per heavy atom. The van der Waals surface area contributed by atoms with Crippen molar-refractivity contribution in [1.82, 2.24) is 5.32 Å². The summed E-state index contributed by atoms with van der Waals surface area (Å²) in [6, 6.07) is 0. The van der Waals surface area contributed by atoms with Crippen molar-refractivity contribution in [3.8, 4) is 0 Å². The molecule has 0 aliphatic carbocycles. The summed E-state index contributed by atoms with van der Waals surface area (Å²) in [4.78, 5) is 42.7. The lowest BCUT2D eigenvalue weighted by molar-refractivity contribution is -0.141. The van der Waals surface area contributed by atoms with Crippen LogP contribution in [0, 0.1) is 5.41 Å². The third-order valence-electron chi connectivity index (χ3n) is 4.74. The van der Waals surface area contributed by atoms with Crippen molar-refractivity contribution < 1.29 is 38.5 Å². The highest BCUT2D eigenvalue weighted by atomic mass is 16.5. The van der Waals surface area contributed by atoms with Crippen LogP contribution in [0.5, 0.6) is 0 Å². The van der Waals surface area contributed by atoms with Crippen LogP contribution in [0.15, 0.2) is 49.1 Å². The largest absolute Gasteiger partial charge is 0.466 e. The van der Waals surface area contributed by atoms with Crippen LogP contribution in [0.25, 0.3) is 0 Å². The van der Waals surface area contributed by atoms with Crippen molar-refractivity contribution >= 4 is 23.8 Å². The highest BCUT2D eigenvalue weighted by molar-refractivity contribution is 5.88. The summed E-state index contributed by atoms with van der Waals surface area (Å²) in [5.74, 6) is -1.20. The summed E-state index contributed by atoms with van der Waals surface area (Å²) in [5, 5.41) is 11.4. The van der Waals surface area contributed by atoms with Crippen LogP contribution in [-0.2, 0) is 33.4 Å². The first-order chi connectivity index (χ1) is 19.9. The molecule has 4 N–H and O–H groups in total. The SMILES string of the molecule is C=C(C)C(=O)OC.C=C(C)C(=O)OCC(C)O.C=C(CC(C)(C)C)C(=O)OCCN.C=CC(=O)NCCCCCCCC. The van der Waals surface area contributed by atoms with Gasteiger partial charge in [0.1, 0.15) is 13.2 Å². The van der Waals surface area contributed by atoms with Crippen LogP contribution in [-0.4, -0.2) is 68.4 Å². The van der Waals surface area contributed by atoms with E-state index in [1.54, 1.807) is 20.8 Å². The highest BCUT2D eigenvalue weighted by Gasteiger charge is 2.17. The minimum Gasteiger partial charge on any atom is -0.466 e. The standard InChI is InChI=1S/C11H21NO.C10H19NO2.C7H12O3.C5H8O2/c1-3-5-6-7-8-9-10-12-11(13)4-2;1-8(7-10(2,3)4)9(12)13-6-5-11;1-5(2)7(9)10-4-6(3)8;1-4(2)5(6)7-3/h4H,2-3,5-10H2,1H3,(H,12,13);1,5-7,11H2,2-4H3;6,8H,1,4H2,2-3H3;1H2,2-3H3. The zero-order valence-electron chi connectivity index (χ0n) is 28.1. The first-order valence-corrected chi connectivity index (χ1v) is 14.6. The van der Waals surface area contributed by atoms with Gasteiger partial charge in [-0.15, -0.1) is 0 Å². The zero-order valence-corrected chi connectivity index (χ0v) is 28.1. The Kier molecular flexibility index (Phi) is 32.8. The number of esters is 3. The van der Waals surface area contributed by atoms with E-state index in [0.717, 1.165) is 13.0 Å². The van der Waals surface area contributed by atoms with E-state index >= 15 is 0 Å². The minimum atomic E-state index is -0.608. The van der Waals surface area contributed by atoms with Crippen LogP contribution in [0.2, 0.25) is 0 Å². The molecule has 10 nitrogen and oxygen atoms in total. The zero-order chi connectivity index (χ0) is 34.4. The second-order valence-electron chi connectivity index (χ2n) is 11.0. The highest BCUT2D eigenvalue weighted by Crippen LogP contribution is 2.23. The van der Waals surface area contributed by atoms with E-state index in [4.69, 9.17) is 15.6 Å². The Bertz CT molecular complexity index is 842. The Morgan fingerprint density at radius 1 is 0.907 bits per heavy atom. The molecule has 0 aliphatic rings. The molecular weight excluding hydrogens is 552 g/mol. The average molecular weight is 613 g/mol. The monoisotopic (exact) mass is 612 g/mol. The van der Waals surface area contributed by atoms with E-state index < -0.39 is 12.1 Å². The average Bonchev–Trinajstić information content (AvgIpc) is 2.93. The van der Waals surface area contributed by atoms with Gasteiger partial charge < -0.3 is 30.4 Å². The van der Waals surface area contributed by atoms with Crippen molar-refractivity contribution in [2.24, 2.45) is 11.1 Å². The molecule has 1 unspecified atom stereocenters. The molecule has 43 heavy (non-hydrogen) atoms. The predicted molar refractivity (Wildman–Crippen MR) is 174 cm³/mol. The second kappa shape index (κ2) is 30.2. The van der Waals surface area contributed by atoms with Gasteiger partial charge in [0, 0.05) is 29.8 Å². The molecule has 0 radical (unpaired) electrons. The third-order valence-corrected chi connectivity index (χ3v) is 4.74. The lowest BCUT2D eigenvalue weighted by atomic mass is 9.88. The molecule has 1 atom stereocenters. The summed E-state index contributed by atoms with van der Waals surface area (Å²) < 4.78 is 13.7. The normalized spacial score (nSPS) is 10.4. The molecule has 0 rings (SSSR count). The lowest BCUT2D eigenvalue weighted by Gasteiger charge is -2.18. The Labute approximate surface area is 260 Å². The molecule has 0 saturated carbocycles. The van der Waals surface area contributed by atoms with Gasteiger partial charge >= 0.3 is 17.9 Å². The molecule has 1 amide bonds. The summed E-state index contributed by atoms with van der Waals surface area (Å²) in [5.41, 5.74) is 6.56. The Balaban J connectivity index is -0.000000242. The molecule has 0 spiro atoms. The molecule has 0 heterocycles. The van der Waals surface area contributed by atoms with Crippen LogP contribution in [0.3, 0.4) is 0 Å². The van der Waals surface area contributed by atoms with Crippen LogP contribution >= 0.6 is 0 Å². The quantitative estimate of drug-likeness (QED) is 0.0905. The Morgan fingerprint density at radius 2 is 1.42 bits per heavy atom. The number of unbranched alkanes of at least 4 members (excludes halogenated alkanes) is 5. The molecule has 10 heteroatoms. The first-order valence-electron chi connectivity index (χ1n) is 14.6. The van der Waals surface area contributed by atoms with Crippen molar-refractivity contribution in [3.05, 3.63) is 49.1 Å². The molecule has 250 valence electrons. The Hall–Kier alpha value is -3.24. The molecule has 0 aromatic heterocycles. The van der Waals surface area contributed by atoms with E-state index in [9.17, 15) is 19.2 Å². The number of carbonyl (C=O) groups is 4. The topological polar surface area (TPSA) is 154 Å².